The highest BCUT2D eigenvalue weighted by Gasteiger charge is 2.02. The molecule has 0 aliphatic rings. The van der Waals surface area contributed by atoms with E-state index in [9.17, 15) is 9.90 Å². The van der Waals surface area contributed by atoms with Crippen LogP contribution in [0.1, 0.15) is 57.4 Å². The smallest absolute Gasteiger partial charge is 0.160 e. The van der Waals surface area contributed by atoms with Crippen LogP contribution in [-0.4, -0.2) is 18.0 Å². The van der Waals surface area contributed by atoms with Crippen LogP contribution in [0.3, 0.4) is 0 Å². The zero-order valence-electron chi connectivity index (χ0n) is 13.8. The number of hydrogen-bond acceptors (Lipinski definition) is 3. The Kier molecular flexibility index (Phi) is 9.04. The number of aromatic hydroxyl groups is 1. The van der Waals surface area contributed by atoms with Crippen molar-refractivity contribution in [3.8, 4) is 11.5 Å². The Hall–Kier alpha value is -1.77. The normalized spacial score (nSPS) is 11.0. The molecule has 3 nitrogen and oxygen atoms in total. The monoisotopic (exact) mass is 304 g/mol. The van der Waals surface area contributed by atoms with E-state index in [1.807, 2.05) is 12.1 Å². The summed E-state index contributed by atoms with van der Waals surface area (Å²) in [6.07, 6.45) is 11.6. The van der Waals surface area contributed by atoms with Gasteiger partial charge in [-0.05, 0) is 49.5 Å². The number of benzene rings is 1. The van der Waals surface area contributed by atoms with E-state index in [1.54, 1.807) is 25.3 Å². The number of carbonyl (C=O) groups is 1. The predicted molar refractivity (Wildman–Crippen MR) is 90.5 cm³/mol. The topological polar surface area (TPSA) is 46.5 Å². The lowest BCUT2D eigenvalue weighted by Crippen LogP contribution is -1.92. The van der Waals surface area contributed by atoms with Crippen LogP contribution in [0, 0.1) is 0 Å². The van der Waals surface area contributed by atoms with Crippen LogP contribution in [0.15, 0.2) is 30.4 Å². The summed E-state index contributed by atoms with van der Waals surface area (Å²) in [5.74, 6) is 0.910. The molecule has 0 unspecified atom stereocenters. The number of methoxy groups -OCH3 is 1. The Morgan fingerprint density at radius 2 is 2.05 bits per heavy atom. The van der Waals surface area contributed by atoms with Crippen LogP contribution in [0.25, 0.3) is 0 Å². The van der Waals surface area contributed by atoms with E-state index in [0.29, 0.717) is 12.2 Å². The maximum atomic E-state index is 11.6. The number of allylic oxidation sites excluding steroid dienone is 2. The van der Waals surface area contributed by atoms with Crippen LogP contribution >= 0.6 is 0 Å². The van der Waals surface area contributed by atoms with Gasteiger partial charge < -0.3 is 9.84 Å². The molecule has 1 aromatic carbocycles. The second-order valence-corrected chi connectivity index (χ2v) is 5.58. The van der Waals surface area contributed by atoms with E-state index in [2.05, 4.69) is 6.92 Å². The van der Waals surface area contributed by atoms with Gasteiger partial charge in [-0.15, -0.1) is 0 Å². The van der Waals surface area contributed by atoms with Crippen molar-refractivity contribution >= 4 is 5.78 Å². The molecule has 1 rings (SSSR count). The summed E-state index contributed by atoms with van der Waals surface area (Å²) in [7, 11) is 1.54. The van der Waals surface area contributed by atoms with Crippen molar-refractivity contribution in [3.63, 3.8) is 0 Å². The number of phenolic OH excluding ortho intramolecular Hbond substituents is 1. The summed E-state index contributed by atoms with van der Waals surface area (Å²) in [6.45, 7) is 2.17. The molecule has 22 heavy (non-hydrogen) atoms. The number of ether oxygens (including phenoxy) is 1. The fourth-order valence-electron chi connectivity index (χ4n) is 2.34. The summed E-state index contributed by atoms with van der Waals surface area (Å²) in [4.78, 5) is 11.6. The van der Waals surface area contributed by atoms with Gasteiger partial charge in [0.05, 0.1) is 7.11 Å². The molecule has 0 spiro atoms. The molecular weight excluding hydrogens is 276 g/mol. The molecule has 0 aliphatic carbocycles. The number of unbranched alkanes of at least 4 members (excludes halogenated alkanes) is 4. The van der Waals surface area contributed by atoms with E-state index in [4.69, 9.17) is 4.74 Å². The molecule has 1 aromatic rings. The van der Waals surface area contributed by atoms with Gasteiger partial charge in [0.25, 0.3) is 0 Å². The van der Waals surface area contributed by atoms with Crippen molar-refractivity contribution in [1.29, 1.82) is 0 Å². The minimum atomic E-state index is 0.179. The van der Waals surface area contributed by atoms with Crippen LogP contribution in [0.2, 0.25) is 0 Å². The fraction of sp³-hybridized carbons (Fsp3) is 0.526. The van der Waals surface area contributed by atoms with E-state index in [0.717, 1.165) is 37.7 Å². The molecule has 0 aromatic heterocycles. The van der Waals surface area contributed by atoms with Crippen molar-refractivity contribution in [2.75, 3.05) is 7.11 Å². The Labute approximate surface area is 134 Å². The maximum Gasteiger partial charge on any atom is 0.160 e. The molecule has 0 amide bonds. The minimum Gasteiger partial charge on any atom is -0.504 e. The van der Waals surface area contributed by atoms with Crippen LogP contribution in [-0.2, 0) is 11.2 Å². The summed E-state index contributed by atoms with van der Waals surface area (Å²) in [5, 5.41) is 9.70. The molecule has 0 fully saturated rings. The molecule has 0 atom stereocenters. The lowest BCUT2D eigenvalue weighted by molar-refractivity contribution is -0.114. The summed E-state index contributed by atoms with van der Waals surface area (Å²) < 4.78 is 5.02. The van der Waals surface area contributed by atoms with Crippen molar-refractivity contribution in [1.82, 2.24) is 0 Å². The summed E-state index contributed by atoms with van der Waals surface area (Å²) >= 11 is 0. The first-order valence-electron chi connectivity index (χ1n) is 8.22. The second kappa shape index (κ2) is 10.9. The quantitative estimate of drug-likeness (QED) is 0.471. The van der Waals surface area contributed by atoms with E-state index in [-0.39, 0.29) is 11.5 Å². The molecule has 0 saturated carbocycles. The molecule has 0 bridgehead atoms. The van der Waals surface area contributed by atoms with E-state index >= 15 is 0 Å². The number of aryl methyl sites for hydroxylation is 1. The van der Waals surface area contributed by atoms with E-state index < -0.39 is 0 Å². The highest BCUT2D eigenvalue weighted by Crippen LogP contribution is 2.26. The van der Waals surface area contributed by atoms with Gasteiger partial charge in [-0.1, -0.05) is 38.3 Å². The SMILES string of the molecule is CCCCCCC(=O)C=CCCCc1ccc(OC)c(O)c1. The summed E-state index contributed by atoms with van der Waals surface area (Å²) in [6, 6.07) is 5.48. The van der Waals surface area contributed by atoms with E-state index in [1.165, 1.54) is 12.8 Å². The first-order valence-corrected chi connectivity index (χ1v) is 8.22. The fourth-order valence-corrected chi connectivity index (χ4v) is 2.34. The first kappa shape index (κ1) is 18.3. The van der Waals surface area contributed by atoms with Crippen molar-refractivity contribution in [2.45, 2.75) is 58.3 Å². The van der Waals surface area contributed by atoms with Crippen LogP contribution < -0.4 is 4.74 Å². The molecule has 3 heteroatoms. The minimum absolute atomic E-state index is 0.179. The maximum absolute atomic E-state index is 11.6. The average Bonchev–Trinajstić information content (AvgIpc) is 2.51. The first-order chi connectivity index (χ1) is 10.7. The van der Waals surface area contributed by atoms with Crippen molar-refractivity contribution in [2.24, 2.45) is 0 Å². The molecule has 1 N–H and O–H groups in total. The Morgan fingerprint density at radius 3 is 2.73 bits per heavy atom. The van der Waals surface area contributed by atoms with Gasteiger partial charge in [-0.25, -0.2) is 0 Å². The number of carbonyl (C=O) groups excluding carboxylic acids is 1. The van der Waals surface area contributed by atoms with Crippen molar-refractivity contribution in [3.05, 3.63) is 35.9 Å². The standard InChI is InChI=1S/C19H28O3/c1-3-4-5-8-11-17(20)12-9-6-7-10-16-13-14-19(22-2)18(21)15-16/h9,12-15,21H,3-8,10-11H2,1-2H3. The third-order valence-electron chi connectivity index (χ3n) is 3.66. The van der Waals surface area contributed by atoms with Gasteiger partial charge in [0.2, 0.25) is 0 Å². The zero-order chi connectivity index (χ0) is 16.2. The molecule has 0 heterocycles. The van der Waals surface area contributed by atoms with Crippen LogP contribution in [0.5, 0.6) is 11.5 Å². The van der Waals surface area contributed by atoms with Gasteiger partial charge >= 0.3 is 0 Å². The van der Waals surface area contributed by atoms with Gasteiger partial charge in [0, 0.05) is 6.42 Å². The number of phenols is 1. The second-order valence-electron chi connectivity index (χ2n) is 5.58. The van der Waals surface area contributed by atoms with Crippen LogP contribution in [0.4, 0.5) is 0 Å². The molecule has 122 valence electrons. The summed E-state index contributed by atoms with van der Waals surface area (Å²) in [5.41, 5.74) is 1.08. The lowest BCUT2D eigenvalue weighted by Gasteiger charge is -2.05. The zero-order valence-corrected chi connectivity index (χ0v) is 13.8. The van der Waals surface area contributed by atoms with Gasteiger partial charge in [0.15, 0.2) is 17.3 Å². The third kappa shape index (κ3) is 7.30. The van der Waals surface area contributed by atoms with Gasteiger partial charge in [-0.3, -0.25) is 4.79 Å². The Morgan fingerprint density at radius 1 is 1.23 bits per heavy atom. The van der Waals surface area contributed by atoms with Gasteiger partial charge in [0.1, 0.15) is 0 Å². The highest BCUT2D eigenvalue weighted by molar-refractivity contribution is 5.89. The lowest BCUT2D eigenvalue weighted by atomic mass is 10.1. The molecular formula is C19H28O3. The Balaban J connectivity index is 2.20. The molecule has 0 saturated heterocycles. The number of hydrogen-bond donors (Lipinski definition) is 1. The molecule has 0 aliphatic heterocycles. The highest BCUT2D eigenvalue weighted by atomic mass is 16.5. The number of rotatable bonds is 11. The molecule has 0 radical (unpaired) electrons. The number of ketones is 1. The van der Waals surface area contributed by atoms with Gasteiger partial charge in [-0.2, -0.15) is 0 Å². The predicted octanol–water partition coefficient (Wildman–Crippen LogP) is 4.82. The van der Waals surface area contributed by atoms with Crippen molar-refractivity contribution < 1.29 is 14.6 Å². The average molecular weight is 304 g/mol. The Bertz CT molecular complexity index is 478. The third-order valence-corrected chi connectivity index (χ3v) is 3.66. The largest absolute Gasteiger partial charge is 0.504 e.